The van der Waals surface area contributed by atoms with Crippen molar-refractivity contribution in [2.24, 2.45) is 10.4 Å². The first-order valence-electron chi connectivity index (χ1n) is 8.11. The fourth-order valence-electron chi connectivity index (χ4n) is 2.43. The number of nitrogens with one attached hydrogen (secondary N) is 1. The zero-order valence-electron chi connectivity index (χ0n) is 14.4. The van der Waals surface area contributed by atoms with E-state index in [0.29, 0.717) is 23.4 Å². The highest BCUT2D eigenvalue weighted by Gasteiger charge is 2.26. The van der Waals surface area contributed by atoms with Gasteiger partial charge in [-0.05, 0) is 48.9 Å². The molecule has 2 rings (SSSR count). The molecule has 0 radical (unpaired) electrons. The molecule has 1 aliphatic carbocycles. The van der Waals surface area contributed by atoms with Crippen LogP contribution in [0.25, 0.3) is 0 Å². The smallest absolute Gasteiger partial charge is 0.227 e. The van der Waals surface area contributed by atoms with E-state index in [1.54, 1.807) is 12.1 Å². The van der Waals surface area contributed by atoms with Gasteiger partial charge in [-0.2, -0.15) is 0 Å². The molecule has 1 amide bonds. The minimum Gasteiger partial charge on any atom is -0.342 e. The van der Waals surface area contributed by atoms with Crippen molar-refractivity contribution < 1.29 is 4.79 Å². The quantitative estimate of drug-likeness (QED) is 0.658. The van der Waals surface area contributed by atoms with Gasteiger partial charge in [0.1, 0.15) is 0 Å². The second-order valence-corrected chi connectivity index (χ2v) is 7.83. The Morgan fingerprint density at radius 2 is 1.91 bits per heavy atom. The van der Waals surface area contributed by atoms with Gasteiger partial charge >= 0.3 is 0 Å². The van der Waals surface area contributed by atoms with Crippen molar-refractivity contribution in [1.82, 2.24) is 10.2 Å². The molecule has 1 aromatic rings. The van der Waals surface area contributed by atoms with Crippen LogP contribution in [0.1, 0.15) is 46.5 Å². The number of guanidine groups is 1. The third kappa shape index (κ3) is 5.54. The molecule has 1 saturated carbocycles. The molecule has 0 aliphatic heterocycles. The van der Waals surface area contributed by atoms with Gasteiger partial charge < -0.3 is 4.90 Å². The first-order valence-corrected chi connectivity index (χ1v) is 8.49. The fraction of sp³-hybridized carbons (Fsp3) is 0.556. The summed E-state index contributed by atoms with van der Waals surface area (Å²) in [5.74, 6) is 0.614. The molecule has 0 spiro atoms. The Kier molecular flexibility index (Phi) is 5.69. The van der Waals surface area contributed by atoms with E-state index in [-0.39, 0.29) is 11.3 Å². The molecule has 0 heterocycles. The maximum Gasteiger partial charge on any atom is 0.227 e. The van der Waals surface area contributed by atoms with Crippen LogP contribution in [0, 0.1) is 5.41 Å². The maximum absolute atomic E-state index is 12.3. The summed E-state index contributed by atoms with van der Waals surface area (Å²) >= 11 is 5.92. The standard InChI is InChI=1S/C18H26ClN3O/c1-18(2,3)12-16(23)21-17(22(4)15-6-5-7-15)20-14-10-8-13(19)9-11-14/h8-11,15H,5-7,12H2,1-4H3,(H,20,21,23). The van der Waals surface area contributed by atoms with E-state index in [9.17, 15) is 4.79 Å². The lowest BCUT2D eigenvalue weighted by molar-refractivity contribution is -0.121. The van der Waals surface area contributed by atoms with Gasteiger partial charge in [0.25, 0.3) is 0 Å². The first-order chi connectivity index (χ1) is 10.7. The highest BCUT2D eigenvalue weighted by Crippen LogP contribution is 2.25. The van der Waals surface area contributed by atoms with Gasteiger partial charge in [0.15, 0.2) is 0 Å². The number of rotatable bonds is 3. The highest BCUT2D eigenvalue weighted by molar-refractivity contribution is 6.30. The molecule has 0 aromatic heterocycles. The van der Waals surface area contributed by atoms with Gasteiger partial charge in [0.05, 0.1) is 5.69 Å². The third-order valence-corrected chi connectivity index (χ3v) is 4.21. The van der Waals surface area contributed by atoms with Crippen molar-refractivity contribution >= 4 is 29.2 Å². The Hall–Kier alpha value is -1.55. The molecular formula is C18H26ClN3O. The van der Waals surface area contributed by atoms with E-state index in [1.807, 2.05) is 19.2 Å². The van der Waals surface area contributed by atoms with Crippen LogP contribution in [-0.2, 0) is 4.79 Å². The third-order valence-electron chi connectivity index (χ3n) is 3.96. The van der Waals surface area contributed by atoms with Crippen molar-refractivity contribution in [3.05, 3.63) is 29.3 Å². The van der Waals surface area contributed by atoms with Gasteiger partial charge in [0, 0.05) is 24.5 Å². The van der Waals surface area contributed by atoms with Crippen molar-refractivity contribution in [1.29, 1.82) is 0 Å². The normalized spacial score (nSPS) is 16.0. The number of hydrogen-bond donors (Lipinski definition) is 1. The lowest BCUT2D eigenvalue weighted by Crippen LogP contribution is -2.49. The van der Waals surface area contributed by atoms with Crippen LogP contribution < -0.4 is 5.32 Å². The summed E-state index contributed by atoms with van der Waals surface area (Å²) in [7, 11) is 2.00. The van der Waals surface area contributed by atoms with Crippen LogP contribution in [0.2, 0.25) is 5.02 Å². The Balaban J connectivity index is 2.17. The van der Waals surface area contributed by atoms with Gasteiger partial charge in [0.2, 0.25) is 11.9 Å². The number of nitrogens with zero attached hydrogens (tertiary/aromatic N) is 2. The van der Waals surface area contributed by atoms with Crippen LogP contribution >= 0.6 is 11.6 Å². The Bertz CT molecular complexity index is 571. The lowest BCUT2D eigenvalue weighted by Gasteiger charge is -2.36. The van der Waals surface area contributed by atoms with E-state index in [0.717, 1.165) is 18.5 Å². The summed E-state index contributed by atoms with van der Waals surface area (Å²) in [6.07, 6.45) is 3.99. The van der Waals surface area contributed by atoms with Crippen LogP contribution in [0.4, 0.5) is 5.69 Å². The molecule has 0 saturated heterocycles. The van der Waals surface area contributed by atoms with Crippen molar-refractivity contribution in [3.8, 4) is 0 Å². The average Bonchev–Trinajstić information content (AvgIpc) is 2.36. The first kappa shape index (κ1) is 17.8. The molecule has 126 valence electrons. The molecule has 5 heteroatoms. The Morgan fingerprint density at radius 3 is 2.39 bits per heavy atom. The molecule has 1 aliphatic rings. The molecule has 0 bridgehead atoms. The van der Waals surface area contributed by atoms with Crippen LogP contribution in [-0.4, -0.2) is 29.9 Å². The van der Waals surface area contributed by atoms with Crippen LogP contribution in [0.3, 0.4) is 0 Å². The number of carbonyl (C=O) groups is 1. The Labute approximate surface area is 143 Å². The van der Waals surface area contributed by atoms with Gasteiger partial charge in [-0.1, -0.05) is 32.4 Å². The summed E-state index contributed by atoms with van der Waals surface area (Å²) in [4.78, 5) is 19.0. The topological polar surface area (TPSA) is 44.7 Å². The summed E-state index contributed by atoms with van der Waals surface area (Å²) in [5.41, 5.74) is 0.733. The molecule has 1 aromatic carbocycles. The summed E-state index contributed by atoms with van der Waals surface area (Å²) in [6, 6.07) is 7.77. The summed E-state index contributed by atoms with van der Waals surface area (Å²) in [6.45, 7) is 6.16. The number of carbonyl (C=O) groups excluding carboxylic acids is 1. The van der Waals surface area contributed by atoms with E-state index >= 15 is 0 Å². The fourth-order valence-corrected chi connectivity index (χ4v) is 2.56. The molecule has 0 unspecified atom stereocenters. The number of benzene rings is 1. The van der Waals surface area contributed by atoms with E-state index in [4.69, 9.17) is 11.6 Å². The minimum atomic E-state index is -0.0511. The van der Waals surface area contributed by atoms with Crippen LogP contribution in [0.15, 0.2) is 29.3 Å². The summed E-state index contributed by atoms with van der Waals surface area (Å²) < 4.78 is 0. The molecule has 4 nitrogen and oxygen atoms in total. The molecule has 1 N–H and O–H groups in total. The van der Waals surface area contributed by atoms with Gasteiger partial charge in [-0.15, -0.1) is 0 Å². The second kappa shape index (κ2) is 7.35. The number of halogens is 1. The second-order valence-electron chi connectivity index (χ2n) is 7.39. The number of aliphatic imine (C=N–C) groups is 1. The average molecular weight is 336 g/mol. The minimum absolute atomic E-state index is 0.00335. The zero-order chi connectivity index (χ0) is 17.0. The summed E-state index contributed by atoms with van der Waals surface area (Å²) in [5, 5.41) is 3.67. The van der Waals surface area contributed by atoms with E-state index < -0.39 is 0 Å². The largest absolute Gasteiger partial charge is 0.342 e. The predicted molar refractivity (Wildman–Crippen MR) is 96.2 cm³/mol. The number of amides is 1. The SMILES string of the molecule is CN(C(=Nc1ccc(Cl)cc1)NC(=O)CC(C)(C)C)C1CCC1. The monoisotopic (exact) mass is 335 g/mol. The highest BCUT2D eigenvalue weighted by atomic mass is 35.5. The van der Waals surface area contributed by atoms with E-state index in [2.05, 4.69) is 36.0 Å². The van der Waals surface area contributed by atoms with Crippen LogP contribution in [0.5, 0.6) is 0 Å². The van der Waals surface area contributed by atoms with Crippen molar-refractivity contribution in [2.75, 3.05) is 7.05 Å². The number of hydrogen-bond acceptors (Lipinski definition) is 2. The Morgan fingerprint density at radius 1 is 1.30 bits per heavy atom. The van der Waals surface area contributed by atoms with Crippen molar-refractivity contribution in [3.63, 3.8) is 0 Å². The van der Waals surface area contributed by atoms with Crippen molar-refractivity contribution in [2.45, 2.75) is 52.5 Å². The molecule has 0 atom stereocenters. The molecule has 1 fully saturated rings. The van der Waals surface area contributed by atoms with Gasteiger partial charge in [-0.25, -0.2) is 4.99 Å². The molecular weight excluding hydrogens is 310 g/mol. The lowest BCUT2D eigenvalue weighted by atomic mass is 9.91. The predicted octanol–water partition coefficient (Wildman–Crippen LogP) is 4.36. The van der Waals surface area contributed by atoms with E-state index in [1.165, 1.54) is 6.42 Å². The maximum atomic E-state index is 12.3. The molecule has 23 heavy (non-hydrogen) atoms. The zero-order valence-corrected chi connectivity index (χ0v) is 15.2. The van der Waals surface area contributed by atoms with Gasteiger partial charge in [-0.3, -0.25) is 10.1 Å².